The molecule has 12 heteroatoms. The molecule has 0 spiro atoms. The highest BCUT2D eigenvalue weighted by molar-refractivity contribution is 6.30. The monoisotopic (exact) mass is 559 g/mol. The van der Waals surface area contributed by atoms with Gasteiger partial charge in [0.2, 0.25) is 0 Å². The Balaban J connectivity index is 1.83. The molecule has 208 valence electrons. The summed E-state index contributed by atoms with van der Waals surface area (Å²) < 4.78 is 28.8. The SMILES string of the molecule is CCN1CC(C)n2c(c(OC)c3c(=O)n4nc(c32)C(=O)N(C)CCCCCOc2cc(F)c(Cl)cc2C4)C1=O. The Bertz CT molecular complexity index is 1530. The van der Waals surface area contributed by atoms with Gasteiger partial charge in [0.25, 0.3) is 17.4 Å². The zero-order chi connectivity index (χ0) is 28.0. The lowest BCUT2D eigenvalue weighted by Gasteiger charge is -2.33. The first-order valence-corrected chi connectivity index (χ1v) is 13.4. The molecule has 1 aromatic carbocycles. The normalized spacial score (nSPS) is 18.5. The molecule has 2 amide bonds. The van der Waals surface area contributed by atoms with E-state index in [1.807, 2.05) is 13.8 Å². The zero-order valence-electron chi connectivity index (χ0n) is 22.4. The average molecular weight is 560 g/mol. The molecule has 2 aromatic heterocycles. The molecule has 4 heterocycles. The van der Waals surface area contributed by atoms with E-state index in [9.17, 15) is 18.8 Å². The summed E-state index contributed by atoms with van der Waals surface area (Å²) >= 11 is 6.09. The van der Waals surface area contributed by atoms with Gasteiger partial charge in [-0.2, -0.15) is 5.10 Å². The van der Waals surface area contributed by atoms with Crippen LogP contribution in [-0.2, 0) is 6.54 Å². The smallest absolute Gasteiger partial charge is 0.280 e. The van der Waals surface area contributed by atoms with Crippen LogP contribution in [0.1, 0.15) is 65.7 Å². The largest absolute Gasteiger partial charge is 0.493 e. The standard InChI is InChI=1S/C27H31ClFN5O5/c1-5-32-13-15(2)34-22-20(24(38-4)23(34)27(32)37)25(35)33-14-16-11-17(28)18(29)12-19(16)39-10-8-6-7-9-31(3)26(36)21(22)30-33/h11-12,15H,5-10,13-14H2,1-4H3. The van der Waals surface area contributed by atoms with Crippen molar-refractivity contribution in [1.29, 1.82) is 0 Å². The van der Waals surface area contributed by atoms with E-state index in [0.717, 1.165) is 11.1 Å². The Morgan fingerprint density at radius 3 is 2.67 bits per heavy atom. The molecule has 0 radical (unpaired) electrons. The highest BCUT2D eigenvalue weighted by Crippen LogP contribution is 2.39. The van der Waals surface area contributed by atoms with E-state index < -0.39 is 11.4 Å². The van der Waals surface area contributed by atoms with Gasteiger partial charge in [0.1, 0.15) is 17.0 Å². The highest BCUT2D eigenvalue weighted by Gasteiger charge is 2.38. The molecular formula is C27H31ClFN5O5. The van der Waals surface area contributed by atoms with Crippen LogP contribution in [0.5, 0.6) is 11.5 Å². The first-order chi connectivity index (χ1) is 18.7. The van der Waals surface area contributed by atoms with Crippen LogP contribution in [0.2, 0.25) is 5.02 Å². The lowest BCUT2D eigenvalue weighted by Crippen LogP contribution is -2.42. The zero-order valence-corrected chi connectivity index (χ0v) is 23.2. The number of methoxy groups -OCH3 is 1. The van der Waals surface area contributed by atoms with Crippen molar-refractivity contribution in [2.45, 2.75) is 45.7 Å². The molecule has 0 fully saturated rings. The molecule has 0 N–H and O–H groups in total. The molecule has 2 aliphatic heterocycles. The topological polar surface area (TPSA) is 98.9 Å². The van der Waals surface area contributed by atoms with Crippen molar-refractivity contribution < 1.29 is 23.5 Å². The molecule has 10 nitrogen and oxygen atoms in total. The lowest BCUT2D eigenvalue weighted by molar-refractivity contribution is 0.0683. The number of carbonyl (C=O) groups is 2. The van der Waals surface area contributed by atoms with Crippen molar-refractivity contribution in [3.63, 3.8) is 0 Å². The Morgan fingerprint density at radius 2 is 1.95 bits per heavy atom. The van der Waals surface area contributed by atoms with Crippen LogP contribution in [0, 0.1) is 5.82 Å². The lowest BCUT2D eigenvalue weighted by atomic mass is 10.1. The van der Waals surface area contributed by atoms with E-state index in [1.54, 1.807) is 21.4 Å². The molecule has 39 heavy (non-hydrogen) atoms. The fourth-order valence-corrected chi connectivity index (χ4v) is 5.61. The maximum absolute atomic E-state index is 14.3. The molecular weight excluding hydrogens is 529 g/mol. The summed E-state index contributed by atoms with van der Waals surface area (Å²) in [6, 6.07) is 2.36. The second-order valence-electron chi connectivity index (χ2n) is 9.99. The first-order valence-electron chi connectivity index (χ1n) is 13.1. The van der Waals surface area contributed by atoms with Gasteiger partial charge in [-0.1, -0.05) is 11.6 Å². The molecule has 1 atom stereocenters. The summed E-state index contributed by atoms with van der Waals surface area (Å²) in [4.78, 5) is 44.6. The Labute approximate surface area is 229 Å². The van der Waals surface area contributed by atoms with E-state index in [1.165, 1.54) is 19.2 Å². The summed E-state index contributed by atoms with van der Waals surface area (Å²) in [5, 5.41) is 4.52. The fourth-order valence-electron chi connectivity index (χ4n) is 5.42. The molecule has 2 bridgehead atoms. The van der Waals surface area contributed by atoms with Gasteiger partial charge in [-0.3, -0.25) is 14.4 Å². The van der Waals surface area contributed by atoms with E-state index in [2.05, 4.69) is 5.10 Å². The number of nitrogens with zero attached hydrogens (tertiary/aromatic N) is 5. The predicted molar refractivity (Wildman–Crippen MR) is 144 cm³/mol. The molecule has 0 saturated carbocycles. The second-order valence-corrected chi connectivity index (χ2v) is 10.4. The van der Waals surface area contributed by atoms with Crippen LogP contribution in [0.3, 0.4) is 0 Å². The van der Waals surface area contributed by atoms with Gasteiger partial charge < -0.3 is 23.8 Å². The van der Waals surface area contributed by atoms with Crippen molar-refractivity contribution in [1.82, 2.24) is 24.1 Å². The highest BCUT2D eigenvalue weighted by atomic mass is 35.5. The number of ether oxygens (including phenoxy) is 2. The summed E-state index contributed by atoms with van der Waals surface area (Å²) in [5.74, 6) is -0.946. The second kappa shape index (κ2) is 10.5. The number of rotatable bonds is 2. The molecule has 1 unspecified atom stereocenters. The minimum Gasteiger partial charge on any atom is -0.493 e. The van der Waals surface area contributed by atoms with E-state index in [-0.39, 0.29) is 63.2 Å². The molecule has 2 aliphatic rings. The number of aromatic nitrogens is 3. The van der Waals surface area contributed by atoms with Gasteiger partial charge in [0.05, 0.1) is 30.8 Å². The van der Waals surface area contributed by atoms with Gasteiger partial charge in [-0.05, 0) is 39.2 Å². The van der Waals surface area contributed by atoms with E-state index >= 15 is 0 Å². The summed E-state index contributed by atoms with van der Waals surface area (Å²) in [6.07, 6.45) is 2.21. The minimum absolute atomic E-state index is 0.0361. The Hall–Kier alpha value is -3.60. The van der Waals surface area contributed by atoms with Crippen LogP contribution in [0.25, 0.3) is 10.9 Å². The quantitative estimate of drug-likeness (QED) is 0.474. The molecule has 0 aliphatic carbocycles. The maximum Gasteiger partial charge on any atom is 0.280 e. The minimum atomic E-state index is -0.639. The van der Waals surface area contributed by atoms with Crippen LogP contribution < -0.4 is 15.0 Å². The van der Waals surface area contributed by atoms with Gasteiger partial charge in [-0.25, -0.2) is 9.07 Å². The van der Waals surface area contributed by atoms with Crippen LogP contribution in [0.4, 0.5) is 4.39 Å². The number of fused-ring (bicyclic) bond motifs is 7. The molecule has 3 aromatic rings. The third-order valence-corrected chi connectivity index (χ3v) is 7.71. The maximum atomic E-state index is 14.3. The van der Waals surface area contributed by atoms with Crippen molar-refractivity contribution in [2.75, 3.05) is 40.4 Å². The predicted octanol–water partition coefficient (Wildman–Crippen LogP) is 3.72. The van der Waals surface area contributed by atoms with Crippen LogP contribution in [-0.4, -0.2) is 76.4 Å². The summed E-state index contributed by atoms with van der Waals surface area (Å²) in [7, 11) is 3.09. The van der Waals surface area contributed by atoms with E-state index in [0.29, 0.717) is 44.6 Å². The van der Waals surface area contributed by atoms with Crippen molar-refractivity contribution in [2.24, 2.45) is 0 Å². The van der Waals surface area contributed by atoms with Gasteiger partial charge in [0.15, 0.2) is 17.1 Å². The first kappa shape index (κ1) is 27.0. The van der Waals surface area contributed by atoms with Gasteiger partial charge in [0, 0.05) is 44.4 Å². The third kappa shape index (κ3) is 4.52. The number of hydrogen-bond donors (Lipinski definition) is 0. The number of halogens is 2. The fraction of sp³-hybridized carbons (Fsp3) is 0.481. The summed E-state index contributed by atoms with van der Waals surface area (Å²) in [6.45, 7) is 5.38. The average Bonchev–Trinajstić information content (AvgIpc) is 3.27. The Morgan fingerprint density at radius 1 is 1.18 bits per heavy atom. The number of likely N-dealkylation sites (N-methyl/N-ethyl adjacent to an activating group) is 1. The Kier molecular flexibility index (Phi) is 7.28. The van der Waals surface area contributed by atoms with Crippen LogP contribution >= 0.6 is 11.6 Å². The summed E-state index contributed by atoms with van der Waals surface area (Å²) in [5.41, 5.74) is 0.410. The number of amides is 2. The van der Waals surface area contributed by atoms with Crippen molar-refractivity contribution in [3.05, 3.63) is 50.3 Å². The van der Waals surface area contributed by atoms with Crippen molar-refractivity contribution >= 4 is 34.3 Å². The third-order valence-electron chi connectivity index (χ3n) is 7.42. The van der Waals surface area contributed by atoms with Gasteiger partial charge >= 0.3 is 0 Å². The molecule has 5 rings (SSSR count). The molecule has 0 saturated heterocycles. The van der Waals surface area contributed by atoms with E-state index in [4.69, 9.17) is 21.1 Å². The number of benzene rings is 1. The number of hydrogen-bond acceptors (Lipinski definition) is 6. The van der Waals surface area contributed by atoms with Crippen LogP contribution in [0.15, 0.2) is 16.9 Å². The van der Waals surface area contributed by atoms with Gasteiger partial charge in [-0.15, -0.1) is 0 Å². The number of carbonyl (C=O) groups excluding carboxylic acids is 2. The van der Waals surface area contributed by atoms with Crippen molar-refractivity contribution in [3.8, 4) is 11.5 Å².